The first-order valence-electron chi connectivity index (χ1n) is 4.68. The Labute approximate surface area is 102 Å². The maximum atomic E-state index is 11.3. The minimum atomic E-state index is -0.896. The molecule has 0 saturated heterocycles. The Bertz CT molecular complexity index is 398. The predicted molar refractivity (Wildman–Crippen MR) is 67.4 cm³/mol. The summed E-state index contributed by atoms with van der Waals surface area (Å²) in [7, 11) is -0.896. The van der Waals surface area contributed by atoms with Crippen molar-refractivity contribution >= 4 is 34.1 Å². The molecule has 0 aliphatic rings. The Morgan fingerprint density at radius 1 is 1.50 bits per heavy atom. The smallest absolute Gasteiger partial charge is 0.319 e. The molecule has 4 nitrogen and oxygen atoms in total. The van der Waals surface area contributed by atoms with Crippen LogP contribution in [-0.4, -0.2) is 28.8 Å². The van der Waals surface area contributed by atoms with Crippen molar-refractivity contribution < 1.29 is 9.00 Å². The van der Waals surface area contributed by atoms with Crippen LogP contribution in [0, 0.1) is 0 Å². The van der Waals surface area contributed by atoms with Gasteiger partial charge in [-0.3, -0.25) is 4.21 Å². The van der Waals surface area contributed by atoms with Gasteiger partial charge in [0.2, 0.25) is 0 Å². The quantitative estimate of drug-likeness (QED) is 0.868. The number of benzene rings is 1. The van der Waals surface area contributed by atoms with Gasteiger partial charge in [-0.05, 0) is 18.2 Å². The number of carbonyl (C=O) groups is 1. The predicted octanol–water partition coefficient (Wildman–Crippen LogP) is 1.84. The largest absolute Gasteiger partial charge is 0.337 e. The monoisotopic (exact) mass is 260 g/mol. The number of rotatable bonds is 4. The Hall–Kier alpha value is -1.07. The summed E-state index contributed by atoms with van der Waals surface area (Å²) in [6.07, 6.45) is 1.59. The molecule has 1 aromatic carbocycles. The number of amides is 2. The van der Waals surface area contributed by atoms with Gasteiger partial charge in [0, 0.05) is 40.1 Å². The van der Waals surface area contributed by atoms with Crippen molar-refractivity contribution in [1.82, 2.24) is 5.32 Å². The van der Waals surface area contributed by atoms with Crippen LogP contribution in [0.25, 0.3) is 0 Å². The maximum absolute atomic E-state index is 11.3. The van der Waals surface area contributed by atoms with E-state index in [9.17, 15) is 9.00 Å². The first-order valence-corrected chi connectivity index (χ1v) is 6.79. The molecule has 16 heavy (non-hydrogen) atoms. The molecule has 2 amide bonds. The van der Waals surface area contributed by atoms with E-state index >= 15 is 0 Å². The average molecular weight is 261 g/mol. The number of carbonyl (C=O) groups excluding carboxylic acids is 1. The fraction of sp³-hybridized carbons (Fsp3) is 0.300. The first-order chi connectivity index (χ1) is 7.58. The second-order valence-electron chi connectivity index (χ2n) is 3.17. The summed E-state index contributed by atoms with van der Waals surface area (Å²) in [5.41, 5.74) is 0.627. The van der Waals surface area contributed by atoms with Crippen LogP contribution >= 0.6 is 11.6 Å². The summed E-state index contributed by atoms with van der Waals surface area (Å²) in [5, 5.41) is 5.78. The van der Waals surface area contributed by atoms with Gasteiger partial charge in [0.25, 0.3) is 0 Å². The summed E-state index contributed by atoms with van der Waals surface area (Å²) in [4.78, 5) is 11.3. The molecular formula is C10H13ClN2O2S. The van der Waals surface area contributed by atoms with Crippen molar-refractivity contribution in [2.45, 2.75) is 0 Å². The van der Waals surface area contributed by atoms with Gasteiger partial charge in [0.1, 0.15) is 0 Å². The molecule has 6 heteroatoms. The van der Waals surface area contributed by atoms with E-state index < -0.39 is 10.8 Å². The Kier molecular flexibility index (Phi) is 5.28. The van der Waals surface area contributed by atoms with E-state index in [2.05, 4.69) is 10.6 Å². The van der Waals surface area contributed by atoms with Crippen LogP contribution < -0.4 is 10.6 Å². The van der Waals surface area contributed by atoms with Gasteiger partial charge in [-0.25, -0.2) is 4.79 Å². The minimum absolute atomic E-state index is 0.326. The van der Waals surface area contributed by atoms with Gasteiger partial charge in [-0.15, -0.1) is 0 Å². The third-order valence-corrected chi connectivity index (χ3v) is 2.77. The van der Waals surface area contributed by atoms with Crippen LogP contribution in [0.2, 0.25) is 5.02 Å². The minimum Gasteiger partial charge on any atom is -0.337 e. The zero-order valence-corrected chi connectivity index (χ0v) is 10.4. The summed E-state index contributed by atoms with van der Waals surface area (Å²) < 4.78 is 10.8. The average Bonchev–Trinajstić information content (AvgIpc) is 2.16. The van der Waals surface area contributed by atoms with Gasteiger partial charge in [-0.2, -0.15) is 0 Å². The number of hydrogen-bond acceptors (Lipinski definition) is 2. The Balaban J connectivity index is 2.37. The molecule has 0 fully saturated rings. The van der Waals surface area contributed by atoms with Gasteiger partial charge in [-0.1, -0.05) is 17.7 Å². The highest BCUT2D eigenvalue weighted by atomic mass is 35.5. The van der Waals surface area contributed by atoms with Gasteiger partial charge in [0.15, 0.2) is 0 Å². The van der Waals surface area contributed by atoms with Crippen LogP contribution in [0.5, 0.6) is 0 Å². The zero-order chi connectivity index (χ0) is 12.0. The molecule has 1 aromatic rings. The molecule has 0 radical (unpaired) electrons. The molecule has 0 aliphatic carbocycles. The molecule has 0 spiro atoms. The number of anilines is 1. The molecule has 1 unspecified atom stereocenters. The van der Waals surface area contributed by atoms with Crippen LogP contribution in [0.4, 0.5) is 10.5 Å². The van der Waals surface area contributed by atoms with E-state index in [-0.39, 0.29) is 6.03 Å². The standard InChI is InChI=1S/C10H13ClN2O2S/c1-16(15)6-5-12-10(14)13-9-4-2-3-8(11)7-9/h2-4,7H,5-6H2,1H3,(H2,12,13,14). The number of hydrogen-bond donors (Lipinski definition) is 2. The van der Waals surface area contributed by atoms with Crippen LogP contribution in [0.1, 0.15) is 0 Å². The second kappa shape index (κ2) is 6.50. The fourth-order valence-electron chi connectivity index (χ4n) is 1.05. The summed E-state index contributed by atoms with van der Waals surface area (Å²) in [6, 6.07) is 6.54. The molecule has 88 valence electrons. The molecule has 0 saturated carbocycles. The van der Waals surface area contributed by atoms with Crippen molar-refractivity contribution in [3.63, 3.8) is 0 Å². The fourth-order valence-corrected chi connectivity index (χ4v) is 1.63. The highest BCUT2D eigenvalue weighted by molar-refractivity contribution is 7.84. The molecular weight excluding hydrogens is 248 g/mol. The molecule has 0 bridgehead atoms. The SMILES string of the molecule is CS(=O)CCNC(=O)Nc1cccc(Cl)c1. The maximum Gasteiger partial charge on any atom is 0.319 e. The summed E-state index contributed by atoms with van der Waals surface area (Å²) in [5.74, 6) is 0.447. The number of halogens is 1. The summed E-state index contributed by atoms with van der Waals surface area (Å²) in [6.45, 7) is 0.384. The van der Waals surface area contributed by atoms with Crippen molar-refractivity contribution in [2.75, 3.05) is 23.9 Å². The lowest BCUT2D eigenvalue weighted by Crippen LogP contribution is -2.31. The van der Waals surface area contributed by atoms with Gasteiger partial charge < -0.3 is 10.6 Å². The lowest BCUT2D eigenvalue weighted by atomic mass is 10.3. The van der Waals surface area contributed by atoms with Crippen LogP contribution in [0.15, 0.2) is 24.3 Å². The third-order valence-electron chi connectivity index (χ3n) is 1.76. The first kappa shape index (κ1) is 13.0. The topological polar surface area (TPSA) is 58.2 Å². The lowest BCUT2D eigenvalue weighted by molar-refractivity contribution is 0.252. The summed E-state index contributed by atoms with van der Waals surface area (Å²) >= 11 is 5.76. The van der Waals surface area contributed by atoms with Crippen molar-refractivity contribution in [3.8, 4) is 0 Å². The second-order valence-corrected chi connectivity index (χ2v) is 5.16. The van der Waals surface area contributed by atoms with Gasteiger partial charge >= 0.3 is 6.03 Å². The van der Waals surface area contributed by atoms with Crippen molar-refractivity contribution in [3.05, 3.63) is 29.3 Å². The molecule has 2 N–H and O–H groups in total. The van der Waals surface area contributed by atoms with Crippen LogP contribution in [-0.2, 0) is 10.8 Å². The van der Waals surface area contributed by atoms with Crippen molar-refractivity contribution in [2.24, 2.45) is 0 Å². The van der Waals surface area contributed by atoms with Crippen molar-refractivity contribution in [1.29, 1.82) is 0 Å². The normalized spacial score (nSPS) is 11.9. The number of urea groups is 1. The van der Waals surface area contributed by atoms with E-state index in [1.54, 1.807) is 30.5 Å². The highest BCUT2D eigenvalue weighted by Gasteiger charge is 2.01. The van der Waals surface area contributed by atoms with E-state index in [1.165, 1.54) is 0 Å². The Morgan fingerprint density at radius 3 is 2.88 bits per heavy atom. The molecule has 1 atom stereocenters. The van der Waals surface area contributed by atoms with Gasteiger partial charge in [0.05, 0.1) is 0 Å². The van der Waals surface area contributed by atoms with Crippen LogP contribution in [0.3, 0.4) is 0 Å². The number of nitrogens with one attached hydrogen (secondary N) is 2. The van der Waals surface area contributed by atoms with E-state index in [1.807, 2.05) is 0 Å². The Morgan fingerprint density at radius 2 is 2.25 bits per heavy atom. The molecule has 0 aromatic heterocycles. The molecule has 0 heterocycles. The lowest BCUT2D eigenvalue weighted by Gasteiger charge is -2.06. The van der Waals surface area contributed by atoms with E-state index in [4.69, 9.17) is 11.6 Å². The van der Waals surface area contributed by atoms with E-state index in [0.29, 0.717) is 23.0 Å². The molecule has 1 rings (SSSR count). The molecule has 0 aliphatic heterocycles. The highest BCUT2D eigenvalue weighted by Crippen LogP contribution is 2.14. The zero-order valence-electron chi connectivity index (χ0n) is 8.83. The third kappa shape index (κ3) is 5.14. The van der Waals surface area contributed by atoms with E-state index in [0.717, 1.165) is 0 Å².